The lowest BCUT2D eigenvalue weighted by molar-refractivity contribution is -0.335. The Bertz CT molecular complexity index is 1660. The second-order valence-electron chi connectivity index (χ2n) is 9.42. The normalized spacial score (nSPS) is 17.9. The monoisotopic (exact) mass is 745 g/mol. The van der Waals surface area contributed by atoms with Crippen molar-refractivity contribution in [3.63, 3.8) is 0 Å². The number of anilines is 3. The van der Waals surface area contributed by atoms with Crippen LogP contribution in [0.5, 0.6) is 0 Å². The molecule has 3 aromatic carbocycles. The van der Waals surface area contributed by atoms with Crippen molar-refractivity contribution in [2.75, 3.05) is 16.0 Å². The number of rotatable bonds is 8. The first-order valence-corrected chi connectivity index (χ1v) is 14.1. The van der Waals surface area contributed by atoms with Crippen molar-refractivity contribution in [3.05, 3.63) is 86.6 Å². The van der Waals surface area contributed by atoms with Crippen LogP contribution in [0.2, 0.25) is 5.02 Å². The molecule has 3 atom stereocenters. The molecule has 44 heavy (non-hydrogen) atoms. The number of ether oxygens (including phenoxy) is 1. The minimum atomic E-state index is -5.19. The van der Waals surface area contributed by atoms with Crippen molar-refractivity contribution in [2.24, 2.45) is 5.92 Å². The molecule has 0 saturated heterocycles. The number of carbonyl (C=O) groups excluding carboxylic acids is 3. The first-order valence-electron chi connectivity index (χ1n) is 12.2. The van der Waals surface area contributed by atoms with Gasteiger partial charge in [-0.2, -0.15) is 0 Å². The molecule has 3 amide bonds. The maximum Gasteiger partial charge on any atom is 0.523 e. The molecule has 2 unspecified atom stereocenters. The van der Waals surface area contributed by atoms with E-state index >= 15 is 4.39 Å². The third kappa shape index (κ3) is 7.42. The summed E-state index contributed by atoms with van der Waals surface area (Å²) < 4.78 is 82.3. The number of alkyl halides is 5. The van der Waals surface area contributed by atoms with Crippen LogP contribution in [0.15, 0.2) is 53.0 Å². The van der Waals surface area contributed by atoms with Gasteiger partial charge in [-0.05, 0) is 70.9 Å². The predicted molar refractivity (Wildman–Crippen MR) is 154 cm³/mol. The van der Waals surface area contributed by atoms with Gasteiger partial charge < -0.3 is 16.0 Å². The van der Waals surface area contributed by atoms with Gasteiger partial charge >= 0.3 is 6.36 Å². The molecule has 1 aliphatic carbocycles. The highest BCUT2D eigenvalue weighted by molar-refractivity contribution is 9.10. The zero-order valence-electron chi connectivity index (χ0n) is 21.8. The van der Waals surface area contributed by atoms with Crippen molar-refractivity contribution in [2.45, 2.75) is 29.6 Å². The second-order valence-corrected chi connectivity index (χ2v) is 12.1. The summed E-state index contributed by atoms with van der Waals surface area (Å²) in [6.07, 6.45) is -7.34. The fourth-order valence-corrected chi connectivity index (χ4v) is 5.63. The Morgan fingerprint density at radius 3 is 2.25 bits per heavy atom. The summed E-state index contributed by atoms with van der Waals surface area (Å²) in [5.41, 5.74) is -1.52. The molecule has 0 aromatic heterocycles. The summed E-state index contributed by atoms with van der Waals surface area (Å²) in [5, 5.41) is 6.20. The van der Waals surface area contributed by atoms with Gasteiger partial charge in [-0.3, -0.25) is 19.1 Å². The molecule has 3 aromatic rings. The molecule has 0 heterocycles. The summed E-state index contributed by atoms with van der Waals surface area (Å²) in [6.45, 7) is 0.712. The van der Waals surface area contributed by atoms with Gasteiger partial charge in [0.1, 0.15) is 27.8 Å². The molecule has 1 aliphatic rings. The third-order valence-electron chi connectivity index (χ3n) is 6.38. The minimum Gasteiger partial charge on any atom is -0.326 e. The van der Waals surface area contributed by atoms with E-state index in [2.05, 4.69) is 31.3 Å². The van der Waals surface area contributed by atoms with E-state index in [4.69, 9.17) is 34.8 Å². The first kappa shape index (κ1) is 33.8. The fraction of sp³-hybridized carbons (Fsp3) is 0.222. The molecular formula is C27H17BrCl3F6N3O4. The smallest absolute Gasteiger partial charge is 0.326 e. The van der Waals surface area contributed by atoms with Gasteiger partial charge in [-0.25, -0.2) is 13.2 Å². The Labute approximate surface area is 268 Å². The van der Waals surface area contributed by atoms with E-state index in [0.29, 0.717) is 18.6 Å². The molecule has 234 valence electrons. The van der Waals surface area contributed by atoms with E-state index < -0.39 is 75.2 Å². The molecule has 3 N–H and O–H groups in total. The van der Waals surface area contributed by atoms with E-state index in [1.54, 1.807) is 5.32 Å². The quantitative estimate of drug-likeness (QED) is 0.160. The Balaban J connectivity index is 1.49. The zero-order valence-corrected chi connectivity index (χ0v) is 25.6. The van der Waals surface area contributed by atoms with E-state index in [1.165, 1.54) is 30.3 Å². The molecule has 1 saturated carbocycles. The van der Waals surface area contributed by atoms with Crippen LogP contribution in [-0.2, 0) is 14.3 Å². The van der Waals surface area contributed by atoms with Crippen LogP contribution in [0.25, 0.3) is 0 Å². The van der Waals surface area contributed by atoms with Crippen molar-refractivity contribution in [3.8, 4) is 0 Å². The molecule has 4 rings (SSSR count). The van der Waals surface area contributed by atoms with Crippen LogP contribution >= 0.6 is 50.7 Å². The summed E-state index contributed by atoms with van der Waals surface area (Å²) >= 11 is 21.9. The van der Waals surface area contributed by atoms with E-state index in [0.717, 1.165) is 12.1 Å². The van der Waals surface area contributed by atoms with Gasteiger partial charge in [0.2, 0.25) is 5.91 Å². The number of nitrogens with one attached hydrogen (secondary N) is 3. The van der Waals surface area contributed by atoms with Crippen molar-refractivity contribution in [1.29, 1.82) is 0 Å². The number of hydrogen-bond donors (Lipinski definition) is 3. The molecule has 0 bridgehead atoms. The summed E-state index contributed by atoms with van der Waals surface area (Å²) in [6, 6.07) is 9.26. The van der Waals surface area contributed by atoms with E-state index in [9.17, 15) is 36.3 Å². The maximum absolute atomic E-state index is 15.0. The van der Waals surface area contributed by atoms with Crippen LogP contribution in [0, 0.1) is 23.4 Å². The number of hydrogen-bond acceptors (Lipinski definition) is 4. The average molecular weight is 748 g/mol. The van der Waals surface area contributed by atoms with Crippen LogP contribution in [0.4, 0.5) is 43.4 Å². The summed E-state index contributed by atoms with van der Waals surface area (Å²) in [7, 11) is 0. The van der Waals surface area contributed by atoms with E-state index in [-0.39, 0.29) is 20.7 Å². The van der Waals surface area contributed by atoms with Crippen molar-refractivity contribution < 1.29 is 45.5 Å². The number of benzene rings is 3. The Kier molecular flexibility index (Phi) is 9.81. The molecule has 0 aliphatic heterocycles. The average Bonchev–Trinajstić information content (AvgIpc) is 3.51. The molecular weight excluding hydrogens is 731 g/mol. The SMILES string of the molecule is CC(OC(F)(F)F)C(=O)Nc1c(F)ccc(NC(=O)c2cc(NC(=O)C3[C@H](c4ccc(F)c(Br)c4)C3(Cl)Cl)ccc2Cl)c1F. The largest absolute Gasteiger partial charge is 0.523 e. The number of amides is 3. The molecule has 7 nitrogen and oxygen atoms in total. The lowest BCUT2D eigenvalue weighted by Crippen LogP contribution is -2.33. The predicted octanol–water partition coefficient (Wildman–Crippen LogP) is 8.16. The first-order chi connectivity index (χ1) is 20.4. The highest BCUT2D eigenvalue weighted by atomic mass is 79.9. The Morgan fingerprint density at radius 1 is 0.955 bits per heavy atom. The van der Waals surface area contributed by atoms with Crippen molar-refractivity contribution >= 4 is 85.5 Å². The van der Waals surface area contributed by atoms with E-state index in [1.807, 2.05) is 0 Å². The fourth-order valence-electron chi connectivity index (χ4n) is 4.20. The van der Waals surface area contributed by atoms with Gasteiger partial charge in [-0.1, -0.05) is 17.7 Å². The van der Waals surface area contributed by atoms with Gasteiger partial charge in [-0.15, -0.1) is 36.4 Å². The maximum atomic E-state index is 15.0. The molecule has 0 spiro atoms. The van der Waals surface area contributed by atoms with Crippen LogP contribution < -0.4 is 16.0 Å². The lowest BCUT2D eigenvalue weighted by Gasteiger charge is -2.17. The standard InChI is InChI=1S/C27H17BrCl3F6N3O4/c1-10(44-27(35,36)37)23(41)40-22-17(33)6-7-18(21(22)34)39-24(42)13-9-12(3-4-15(13)29)38-25(43)20-19(26(20,30)31)11-2-5-16(32)14(28)8-11/h2-10,19-20H,1H3,(H,38,43)(H,39,42)(H,40,41)/t10?,19-,20?/m0/s1. The summed E-state index contributed by atoms with van der Waals surface area (Å²) in [4.78, 5) is 38.0. The highest BCUT2D eigenvalue weighted by Crippen LogP contribution is 2.65. The number of carbonyl (C=O) groups is 3. The second kappa shape index (κ2) is 12.8. The van der Waals surface area contributed by atoms with Gasteiger partial charge in [0.05, 0.1) is 26.7 Å². The van der Waals surface area contributed by atoms with Gasteiger partial charge in [0, 0.05) is 11.6 Å². The Hall–Kier alpha value is -3.04. The van der Waals surface area contributed by atoms with Gasteiger partial charge in [0.15, 0.2) is 5.82 Å². The van der Waals surface area contributed by atoms with Crippen LogP contribution in [-0.4, -0.2) is 34.5 Å². The van der Waals surface area contributed by atoms with Crippen LogP contribution in [0.1, 0.15) is 28.8 Å². The molecule has 17 heteroatoms. The van der Waals surface area contributed by atoms with Crippen molar-refractivity contribution in [1.82, 2.24) is 0 Å². The number of halogens is 10. The summed E-state index contributed by atoms with van der Waals surface area (Å²) in [5.74, 6) is -8.22. The topological polar surface area (TPSA) is 96.5 Å². The molecule has 1 fully saturated rings. The third-order valence-corrected chi connectivity index (χ3v) is 8.26. The highest BCUT2D eigenvalue weighted by Gasteiger charge is 2.67. The minimum absolute atomic E-state index is 0.0609. The van der Waals surface area contributed by atoms with Gasteiger partial charge in [0.25, 0.3) is 11.8 Å². The van der Waals surface area contributed by atoms with Crippen LogP contribution in [0.3, 0.4) is 0 Å². The molecule has 0 radical (unpaired) electrons. The zero-order chi connectivity index (χ0) is 32.7. The Morgan fingerprint density at radius 2 is 1.61 bits per heavy atom. The lowest BCUT2D eigenvalue weighted by atomic mass is 10.1.